The van der Waals surface area contributed by atoms with Crippen molar-refractivity contribution in [1.82, 2.24) is 4.72 Å². The molecule has 3 aromatic carbocycles. The van der Waals surface area contributed by atoms with Gasteiger partial charge in [0.15, 0.2) is 5.82 Å². The Balaban J connectivity index is 1.63. The number of unbranched alkanes of at least 4 members (excludes halogenated alkanes) is 2. The molecule has 0 bridgehead atoms. The lowest BCUT2D eigenvalue weighted by Gasteiger charge is -2.21. The van der Waals surface area contributed by atoms with Crippen LogP contribution in [-0.4, -0.2) is 25.3 Å². The minimum atomic E-state index is -0.471. The largest absolute Gasteiger partial charge is 0.494 e. The van der Waals surface area contributed by atoms with Crippen molar-refractivity contribution in [3.63, 3.8) is 0 Å². The van der Waals surface area contributed by atoms with Crippen molar-refractivity contribution < 1.29 is 23.5 Å². The lowest BCUT2D eigenvalue weighted by molar-refractivity contribution is -0.117. The maximum Gasteiger partial charge on any atom is 0.251 e. The third-order valence-electron chi connectivity index (χ3n) is 5.02. The zero-order valence-electron chi connectivity index (χ0n) is 17.4. The van der Waals surface area contributed by atoms with E-state index < -0.39 is 5.82 Å². The average Bonchev–Trinajstić information content (AvgIpc) is 3.24. The van der Waals surface area contributed by atoms with Gasteiger partial charge >= 0.3 is 0 Å². The quantitative estimate of drug-likeness (QED) is 0.270. The van der Waals surface area contributed by atoms with E-state index in [0.29, 0.717) is 35.3 Å². The number of carbonyl (C=O) groups excluding carboxylic acids is 2. The van der Waals surface area contributed by atoms with Crippen LogP contribution in [0.3, 0.4) is 0 Å². The summed E-state index contributed by atoms with van der Waals surface area (Å²) < 4.78 is 31.7. The number of nitrogens with one attached hydrogen (secondary N) is 1. The molecule has 0 saturated carbocycles. The zero-order valence-corrected chi connectivity index (χ0v) is 18.2. The number of nitrogens with zero attached hydrogens (tertiary/aromatic N) is 1. The van der Waals surface area contributed by atoms with E-state index in [1.54, 1.807) is 28.6 Å². The molecule has 0 radical (unpaired) electrons. The van der Waals surface area contributed by atoms with Crippen LogP contribution < -0.4 is 18.5 Å². The predicted molar refractivity (Wildman–Crippen MR) is 123 cm³/mol. The molecule has 0 aliphatic carbocycles. The van der Waals surface area contributed by atoms with Crippen LogP contribution in [0.2, 0.25) is 0 Å². The Hall–Kier alpha value is -3.26. The van der Waals surface area contributed by atoms with Gasteiger partial charge in [-0.1, -0.05) is 36.4 Å². The fourth-order valence-corrected chi connectivity index (χ4v) is 4.13. The Kier molecular flexibility index (Phi) is 7.11. The van der Waals surface area contributed by atoms with Gasteiger partial charge in [0.25, 0.3) is 5.91 Å². The van der Waals surface area contributed by atoms with E-state index in [1.807, 2.05) is 30.3 Å². The van der Waals surface area contributed by atoms with Crippen LogP contribution in [0, 0.1) is 5.82 Å². The summed E-state index contributed by atoms with van der Waals surface area (Å²) in [7, 11) is 0. The Bertz CT molecular complexity index is 1110. The third-order valence-corrected chi connectivity index (χ3v) is 5.87. The fraction of sp³-hybridized carbons (Fsp3) is 0.250. The van der Waals surface area contributed by atoms with Crippen molar-refractivity contribution in [2.24, 2.45) is 0 Å². The molecule has 1 amide bonds. The second kappa shape index (κ2) is 10.4. The van der Waals surface area contributed by atoms with Gasteiger partial charge in [-0.05, 0) is 42.0 Å². The summed E-state index contributed by atoms with van der Waals surface area (Å²) in [6.07, 6.45) is 2.89. The topological polar surface area (TPSA) is 67.9 Å². The summed E-state index contributed by atoms with van der Waals surface area (Å²) >= 11 is 1.04. The summed E-state index contributed by atoms with van der Waals surface area (Å²) in [5, 5.41) is 1.06. The van der Waals surface area contributed by atoms with Gasteiger partial charge in [0.05, 0.1) is 18.7 Å². The molecule has 4 rings (SSSR count). The monoisotopic (exact) mass is 454 g/mol. The fourth-order valence-electron chi connectivity index (χ4n) is 3.41. The van der Waals surface area contributed by atoms with Crippen molar-refractivity contribution in [3.8, 4) is 11.5 Å². The van der Waals surface area contributed by atoms with Gasteiger partial charge in [0.1, 0.15) is 36.6 Å². The van der Waals surface area contributed by atoms with E-state index in [4.69, 9.17) is 9.47 Å². The Labute approximate surface area is 190 Å². The van der Waals surface area contributed by atoms with E-state index in [2.05, 4.69) is 4.72 Å². The second-order valence-electron chi connectivity index (χ2n) is 7.36. The number of hydrogen-bond donors (Lipinski definition) is 1. The van der Waals surface area contributed by atoms with E-state index in [9.17, 15) is 9.59 Å². The highest BCUT2D eigenvalue weighted by Gasteiger charge is 2.28. The first-order valence-electron chi connectivity index (χ1n) is 10.4. The van der Waals surface area contributed by atoms with Crippen LogP contribution in [-0.2, 0) is 16.2 Å². The minimum absolute atomic E-state index is 0.0295. The van der Waals surface area contributed by atoms with Crippen molar-refractivity contribution in [2.45, 2.75) is 25.9 Å². The summed E-state index contributed by atoms with van der Waals surface area (Å²) in [4.78, 5) is 22.2. The second-order valence-corrected chi connectivity index (χ2v) is 8.19. The molecular weight excluding hydrogens is 431 g/mol. The Morgan fingerprint density at radius 3 is 2.69 bits per heavy atom. The van der Waals surface area contributed by atoms with Crippen LogP contribution in [0.15, 0.2) is 54.6 Å². The van der Waals surface area contributed by atoms with Crippen LogP contribution in [0.5, 0.6) is 11.5 Å². The van der Waals surface area contributed by atoms with Crippen LogP contribution in [0.1, 0.15) is 24.8 Å². The predicted octanol–water partition coefficient (Wildman–Crippen LogP) is 4.81. The molecule has 8 heteroatoms. The highest BCUT2D eigenvalue weighted by atomic mass is 32.2. The lowest BCUT2D eigenvalue weighted by Crippen LogP contribution is -2.17. The molecule has 0 spiro atoms. The van der Waals surface area contributed by atoms with Gasteiger partial charge in [-0.15, -0.1) is 0 Å². The van der Waals surface area contributed by atoms with Gasteiger partial charge < -0.3 is 14.3 Å². The molecule has 1 aliphatic heterocycles. The number of anilines is 1. The van der Waals surface area contributed by atoms with Crippen molar-refractivity contribution in [3.05, 3.63) is 66.0 Å². The highest BCUT2D eigenvalue weighted by Crippen LogP contribution is 2.41. The Morgan fingerprint density at radius 1 is 1.09 bits per heavy atom. The first kappa shape index (κ1) is 22.0. The van der Waals surface area contributed by atoms with E-state index >= 15 is 4.39 Å². The molecule has 6 nitrogen and oxygen atoms in total. The summed E-state index contributed by atoms with van der Waals surface area (Å²) in [5.41, 5.74) is 1.18. The van der Waals surface area contributed by atoms with Gasteiger partial charge in [-0.25, -0.2) is 4.39 Å². The van der Waals surface area contributed by atoms with E-state index in [-0.39, 0.29) is 24.7 Å². The molecule has 32 heavy (non-hydrogen) atoms. The van der Waals surface area contributed by atoms with E-state index in [0.717, 1.165) is 36.8 Å². The van der Waals surface area contributed by atoms with Crippen molar-refractivity contribution in [2.75, 3.05) is 17.5 Å². The van der Waals surface area contributed by atoms with Crippen LogP contribution >= 0.6 is 12.1 Å². The number of aldehydes is 1. The SMILES string of the molecule is O=CCCCCOc1ccc2cc(OCc3ccccc3)c(N3CC(=O)NS3)c(F)c2c1. The molecule has 3 aromatic rings. The number of fused-ring (bicyclic) bond motifs is 1. The third kappa shape index (κ3) is 5.13. The van der Waals surface area contributed by atoms with Crippen molar-refractivity contribution >= 4 is 40.8 Å². The molecule has 0 atom stereocenters. The number of benzene rings is 3. The van der Waals surface area contributed by atoms with Crippen LogP contribution in [0.25, 0.3) is 10.8 Å². The standard InChI is InChI=1S/C24H23FN2O4S/c25-23-20-14-19(30-12-6-2-5-11-28)10-9-18(20)13-21(24(23)27-15-22(29)26-32-27)31-16-17-7-3-1-4-8-17/h1,3-4,7-11,13-14H,2,5-6,12,15-16H2,(H,26,29). The average molecular weight is 455 g/mol. The normalized spacial score (nSPS) is 13.3. The molecular formula is C24H23FN2O4S. The number of ether oxygens (including phenoxy) is 2. The molecule has 1 fully saturated rings. The first-order chi connectivity index (χ1) is 15.7. The zero-order chi connectivity index (χ0) is 22.3. The molecule has 0 aromatic heterocycles. The number of halogens is 1. The van der Waals surface area contributed by atoms with Gasteiger partial charge in [0.2, 0.25) is 0 Å². The molecule has 1 heterocycles. The number of carbonyl (C=O) groups is 2. The molecule has 1 saturated heterocycles. The highest BCUT2D eigenvalue weighted by molar-refractivity contribution is 7.99. The molecule has 166 valence electrons. The summed E-state index contributed by atoms with van der Waals surface area (Å²) in [6, 6.07) is 16.6. The van der Waals surface area contributed by atoms with Crippen molar-refractivity contribution in [1.29, 1.82) is 0 Å². The minimum Gasteiger partial charge on any atom is -0.494 e. The first-order valence-corrected chi connectivity index (χ1v) is 11.2. The maximum absolute atomic E-state index is 15.7. The van der Waals surface area contributed by atoms with Gasteiger partial charge in [-0.3, -0.25) is 13.8 Å². The molecule has 0 unspecified atom stereocenters. The maximum atomic E-state index is 15.7. The molecule has 1 aliphatic rings. The number of hydrogen-bond acceptors (Lipinski definition) is 6. The van der Waals surface area contributed by atoms with Gasteiger partial charge in [-0.2, -0.15) is 0 Å². The number of rotatable bonds is 10. The number of amides is 1. The van der Waals surface area contributed by atoms with E-state index in [1.165, 1.54) is 0 Å². The van der Waals surface area contributed by atoms with Gasteiger partial charge in [0, 0.05) is 11.8 Å². The molecule has 1 N–H and O–H groups in total. The van der Waals surface area contributed by atoms with Crippen LogP contribution in [0.4, 0.5) is 10.1 Å². The summed E-state index contributed by atoms with van der Waals surface area (Å²) in [5.74, 6) is 0.247. The smallest absolute Gasteiger partial charge is 0.251 e. The Morgan fingerprint density at radius 2 is 1.94 bits per heavy atom. The summed E-state index contributed by atoms with van der Waals surface area (Å²) in [6.45, 7) is 0.759. The lowest BCUT2D eigenvalue weighted by atomic mass is 10.1.